The maximum atomic E-state index is 12.1. The van der Waals surface area contributed by atoms with E-state index in [1.54, 1.807) is 18.3 Å². The molecule has 0 atom stereocenters. The molecule has 3 aromatic carbocycles. The van der Waals surface area contributed by atoms with Gasteiger partial charge >= 0.3 is 0 Å². The van der Waals surface area contributed by atoms with Crippen molar-refractivity contribution in [2.24, 2.45) is 5.10 Å². The molecule has 0 aliphatic rings. The van der Waals surface area contributed by atoms with Gasteiger partial charge in [0.2, 0.25) is 0 Å². The fraction of sp³-hybridized carbons (Fsp3) is 0.0526. The summed E-state index contributed by atoms with van der Waals surface area (Å²) in [5.74, 6) is -0.234. The van der Waals surface area contributed by atoms with Crippen LogP contribution in [0.1, 0.15) is 21.5 Å². The van der Waals surface area contributed by atoms with Crippen molar-refractivity contribution in [2.75, 3.05) is 0 Å². The third-order valence-corrected chi connectivity index (χ3v) is 4.48. The van der Waals surface area contributed by atoms with Crippen LogP contribution >= 0.6 is 15.9 Å². The molecule has 114 valence electrons. The Bertz CT molecular complexity index is 898. The van der Waals surface area contributed by atoms with Gasteiger partial charge in [-0.2, -0.15) is 5.10 Å². The van der Waals surface area contributed by atoms with E-state index in [1.165, 1.54) is 0 Å². The van der Waals surface area contributed by atoms with E-state index >= 15 is 0 Å². The minimum Gasteiger partial charge on any atom is -0.267 e. The second-order valence-corrected chi connectivity index (χ2v) is 6.09. The zero-order chi connectivity index (χ0) is 16.2. The molecule has 0 heterocycles. The lowest BCUT2D eigenvalue weighted by molar-refractivity contribution is 0.0955. The number of benzene rings is 3. The quantitative estimate of drug-likeness (QED) is 0.530. The van der Waals surface area contributed by atoms with Crippen molar-refractivity contribution in [2.45, 2.75) is 6.92 Å². The van der Waals surface area contributed by atoms with Gasteiger partial charge in [-0.05, 0) is 35.4 Å². The monoisotopic (exact) mass is 366 g/mol. The van der Waals surface area contributed by atoms with Gasteiger partial charge in [0.15, 0.2) is 0 Å². The highest BCUT2D eigenvalue weighted by atomic mass is 79.9. The summed E-state index contributed by atoms with van der Waals surface area (Å²) in [5.41, 5.74) is 5.19. The van der Waals surface area contributed by atoms with Gasteiger partial charge in [-0.3, -0.25) is 4.79 Å². The first-order chi connectivity index (χ1) is 11.1. The molecule has 23 heavy (non-hydrogen) atoms. The van der Waals surface area contributed by atoms with Gasteiger partial charge in [-0.15, -0.1) is 0 Å². The second kappa shape index (κ2) is 6.75. The number of amides is 1. The van der Waals surface area contributed by atoms with E-state index in [4.69, 9.17) is 0 Å². The Balaban J connectivity index is 1.77. The van der Waals surface area contributed by atoms with Crippen molar-refractivity contribution in [1.29, 1.82) is 0 Å². The Morgan fingerprint density at radius 3 is 2.70 bits per heavy atom. The lowest BCUT2D eigenvalue weighted by Crippen LogP contribution is -2.17. The molecule has 3 rings (SSSR count). The number of hydrogen-bond acceptors (Lipinski definition) is 2. The summed E-state index contributed by atoms with van der Waals surface area (Å²) in [7, 11) is 0. The van der Waals surface area contributed by atoms with E-state index in [9.17, 15) is 4.79 Å². The van der Waals surface area contributed by atoms with E-state index in [-0.39, 0.29) is 5.91 Å². The number of fused-ring (bicyclic) bond motifs is 1. The van der Waals surface area contributed by atoms with Crippen molar-refractivity contribution >= 4 is 38.8 Å². The van der Waals surface area contributed by atoms with Crippen LogP contribution in [-0.4, -0.2) is 12.1 Å². The Kier molecular flexibility index (Phi) is 4.53. The summed E-state index contributed by atoms with van der Waals surface area (Å²) >= 11 is 3.43. The maximum absolute atomic E-state index is 12.1. The number of carbonyl (C=O) groups excluding carboxylic acids is 1. The number of hydrazone groups is 1. The van der Waals surface area contributed by atoms with Gasteiger partial charge in [0, 0.05) is 15.6 Å². The zero-order valence-electron chi connectivity index (χ0n) is 12.6. The molecule has 4 heteroatoms. The fourth-order valence-electron chi connectivity index (χ4n) is 2.32. The summed E-state index contributed by atoms with van der Waals surface area (Å²) in [4.78, 5) is 12.1. The molecule has 0 bridgehead atoms. The van der Waals surface area contributed by atoms with Crippen molar-refractivity contribution in [3.63, 3.8) is 0 Å². The molecule has 1 amide bonds. The second-order valence-electron chi connectivity index (χ2n) is 5.23. The van der Waals surface area contributed by atoms with Crippen molar-refractivity contribution in [3.8, 4) is 0 Å². The summed E-state index contributed by atoms with van der Waals surface area (Å²) in [6.45, 7) is 1.98. The van der Waals surface area contributed by atoms with Crippen LogP contribution in [0.15, 0.2) is 70.2 Å². The van der Waals surface area contributed by atoms with E-state index in [2.05, 4.69) is 38.6 Å². The van der Waals surface area contributed by atoms with Gasteiger partial charge < -0.3 is 0 Å². The third kappa shape index (κ3) is 3.48. The van der Waals surface area contributed by atoms with E-state index in [0.717, 1.165) is 26.4 Å². The molecule has 0 radical (unpaired) electrons. The fourth-order valence-corrected chi connectivity index (χ4v) is 2.70. The highest BCUT2D eigenvalue weighted by molar-refractivity contribution is 9.10. The summed E-state index contributed by atoms with van der Waals surface area (Å²) in [6, 6.07) is 19.5. The molecular formula is C19H15BrN2O. The summed E-state index contributed by atoms with van der Waals surface area (Å²) in [5, 5.41) is 6.33. The largest absolute Gasteiger partial charge is 0.271 e. The molecule has 3 aromatic rings. The minimum absolute atomic E-state index is 0.234. The maximum Gasteiger partial charge on any atom is 0.271 e. The van der Waals surface area contributed by atoms with Crippen LogP contribution in [0.2, 0.25) is 0 Å². The van der Waals surface area contributed by atoms with Crippen molar-refractivity contribution < 1.29 is 4.79 Å². The highest BCUT2D eigenvalue weighted by Crippen LogP contribution is 2.18. The van der Waals surface area contributed by atoms with Crippen LogP contribution in [0.25, 0.3) is 10.8 Å². The van der Waals surface area contributed by atoms with Crippen molar-refractivity contribution in [1.82, 2.24) is 5.43 Å². The van der Waals surface area contributed by atoms with Gasteiger partial charge in [0.05, 0.1) is 6.21 Å². The SMILES string of the molecule is Cc1ccc(C(=O)N/N=C/c2cccc3ccccc23)cc1Br. The molecular weight excluding hydrogens is 352 g/mol. The average Bonchev–Trinajstić information content (AvgIpc) is 2.57. The van der Waals surface area contributed by atoms with Gasteiger partial charge in [0.1, 0.15) is 0 Å². The Hall–Kier alpha value is -2.46. The van der Waals surface area contributed by atoms with E-state index in [1.807, 2.05) is 43.3 Å². The molecule has 0 spiro atoms. The molecule has 3 nitrogen and oxygen atoms in total. The number of carbonyl (C=O) groups is 1. The zero-order valence-corrected chi connectivity index (χ0v) is 14.2. The molecule has 0 aromatic heterocycles. The highest BCUT2D eigenvalue weighted by Gasteiger charge is 2.06. The number of rotatable bonds is 3. The molecule has 0 aliphatic heterocycles. The van der Waals surface area contributed by atoms with Gasteiger partial charge in [0.25, 0.3) is 5.91 Å². The normalized spacial score (nSPS) is 11.0. The van der Waals surface area contributed by atoms with Crippen LogP contribution < -0.4 is 5.43 Å². The molecule has 0 fully saturated rings. The smallest absolute Gasteiger partial charge is 0.267 e. The number of nitrogens with one attached hydrogen (secondary N) is 1. The predicted octanol–water partition coefficient (Wildman–Crippen LogP) is 4.67. The summed E-state index contributed by atoms with van der Waals surface area (Å²) in [6.07, 6.45) is 1.67. The lowest BCUT2D eigenvalue weighted by atomic mass is 10.1. The Labute approximate surface area is 143 Å². The number of hydrogen-bond donors (Lipinski definition) is 1. The molecule has 1 N–H and O–H groups in total. The van der Waals surface area contributed by atoms with E-state index < -0.39 is 0 Å². The first kappa shape index (κ1) is 15.4. The molecule has 0 aliphatic carbocycles. The summed E-state index contributed by atoms with van der Waals surface area (Å²) < 4.78 is 0.906. The van der Waals surface area contributed by atoms with Crippen LogP contribution in [0, 0.1) is 6.92 Å². The topological polar surface area (TPSA) is 41.5 Å². The average molecular weight is 367 g/mol. The van der Waals surface area contributed by atoms with Gasteiger partial charge in [-0.1, -0.05) is 64.5 Å². The Morgan fingerprint density at radius 2 is 1.87 bits per heavy atom. The number of nitrogens with zero attached hydrogens (tertiary/aromatic N) is 1. The number of halogens is 1. The first-order valence-electron chi connectivity index (χ1n) is 7.22. The Morgan fingerprint density at radius 1 is 1.09 bits per heavy atom. The minimum atomic E-state index is -0.234. The first-order valence-corrected chi connectivity index (χ1v) is 8.02. The van der Waals surface area contributed by atoms with Crippen LogP contribution in [0.4, 0.5) is 0 Å². The van der Waals surface area contributed by atoms with Gasteiger partial charge in [-0.25, -0.2) is 5.43 Å². The number of aryl methyl sites for hydroxylation is 1. The van der Waals surface area contributed by atoms with Crippen LogP contribution in [-0.2, 0) is 0 Å². The molecule has 0 saturated heterocycles. The van der Waals surface area contributed by atoms with Crippen LogP contribution in [0.3, 0.4) is 0 Å². The molecule has 0 saturated carbocycles. The van der Waals surface area contributed by atoms with E-state index in [0.29, 0.717) is 5.56 Å². The lowest BCUT2D eigenvalue weighted by Gasteiger charge is -2.03. The standard InChI is InChI=1S/C19H15BrN2O/c1-13-9-10-15(11-18(13)20)19(23)22-21-12-16-7-4-6-14-5-2-3-8-17(14)16/h2-12H,1H3,(H,22,23)/b21-12+. The van der Waals surface area contributed by atoms with Crippen LogP contribution in [0.5, 0.6) is 0 Å². The molecule has 0 unspecified atom stereocenters. The predicted molar refractivity (Wildman–Crippen MR) is 97.9 cm³/mol. The third-order valence-electron chi connectivity index (χ3n) is 3.63. The van der Waals surface area contributed by atoms with Crippen molar-refractivity contribution in [3.05, 3.63) is 81.8 Å².